The van der Waals surface area contributed by atoms with Crippen LogP contribution in [0.25, 0.3) is 0 Å². The van der Waals surface area contributed by atoms with Crippen molar-refractivity contribution in [3.8, 4) is 11.5 Å². The Kier molecular flexibility index (Phi) is 5.62. The molecule has 2 aromatic carbocycles. The molecule has 0 aliphatic heterocycles. The van der Waals surface area contributed by atoms with Crippen molar-refractivity contribution in [3.05, 3.63) is 60.2 Å². The Morgan fingerprint density at radius 3 is 2.09 bits per heavy atom. The van der Waals surface area contributed by atoms with E-state index in [1.165, 1.54) is 12.0 Å². The standard InChI is InChI=1S/C20H27NO/c1-16(21-15-14-20(2,3)4)17-10-12-19(13-11-17)22-18-8-6-5-7-9-18/h5-13,16,21H,14-15H2,1-4H3/t16-/m1/s1. The molecule has 0 amide bonds. The van der Waals surface area contributed by atoms with E-state index in [1.54, 1.807) is 0 Å². The first-order chi connectivity index (χ1) is 10.4. The molecule has 0 aliphatic rings. The lowest BCUT2D eigenvalue weighted by Gasteiger charge is -2.21. The Balaban J connectivity index is 1.88. The van der Waals surface area contributed by atoms with Crippen molar-refractivity contribution < 1.29 is 4.74 Å². The van der Waals surface area contributed by atoms with E-state index in [-0.39, 0.29) is 0 Å². The number of rotatable bonds is 6. The molecule has 0 bridgehead atoms. The van der Waals surface area contributed by atoms with Gasteiger partial charge < -0.3 is 10.1 Å². The van der Waals surface area contributed by atoms with Crippen molar-refractivity contribution in [3.63, 3.8) is 0 Å². The van der Waals surface area contributed by atoms with Gasteiger partial charge in [0.05, 0.1) is 0 Å². The smallest absolute Gasteiger partial charge is 0.127 e. The SMILES string of the molecule is C[C@@H](NCCC(C)(C)C)c1ccc(Oc2ccccc2)cc1. The van der Waals surface area contributed by atoms with E-state index in [4.69, 9.17) is 4.74 Å². The monoisotopic (exact) mass is 297 g/mol. The number of ether oxygens (including phenoxy) is 1. The van der Waals surface area contributed by atoms with E-state index in [2.05, 4.69) is 45.1 Å². The van der Waals surface area contributed by atoms with Gasteiger partial charge in [-0.05, 0) is 55.1 Å². The fourth-order valence-electron chi connectivity index (χ4n) is 2.23. The number of benzene rings is 2. The largest absolute Gasteiger partial charge is 0.457 e. The van der Waals surface area contributed by atoms with Crippen LogP contribution in [-0.2, 0) is 0 Å². The molecule has 118 valence electrons. The Hall–Kier alpha value is -1.80. The molecule has 0 spiro atoms. The van der Waals surface area contributed by atoms with E-state index in [9.17, 15) is 0 Å². The van der Waals surface area contributed by atoms with Gasteiger partial charge >= 0.3 is 0 Å². The van der Waals surface area contributed by atoms with Gasteiger partial charge in [0, 0.05) is 6.04 Å². The van der Waals surface area contributed by atoms with E-state index >= 15 is 0 Å². The summed E-state index contributed by atoms with van der Waals surface area (Å²) in [5.41, 5.74) is 1.66. The number of para-hydroxylation sites is 1. The highest BCUT2D eigenvalue weighted by molar-refractivity contribution is 5.33. The van der Waals surface area contributed by atoms with Crippen molar-refractivity contribution >= 4 is 0 Å². The van der Waals surface area contributed by atoms with Gasteiger partial charge in [-0.1, -0.05) is 51.1 Å². The fourth-order valence-corrected chi connectivity index (χ4v) is 2.23. The van der Waals surface area contributed by atoms with Gasteiger partial charge in [-0.2, -0.15) is 0 Å². The molecule has 0 saturated heterocycles. The lowest BCUT2D eigenvalue weighted by molar-refractivity contribution is 0.358. The molecule has 2 nitrogen and oxygen atoms in total. The van der Waals surface area contributed by atoms with Crippen molar-refractivity contribution in [1.29, 1.82) is 0 Å². The van der Waals surface area contributed by atoms with Crippen LogP contribution in [0.1, 0.15) is 45.7 Å². The van der Waals surface area contributed by atoms with Crippen LogP contribution in [0, 0.1) is 5.41 Å². The van der Waals surface area contributed by atoms with Crippen LogP contribution in [0.15, 0.2) is 54.6 Å². The van der Waals surface area contributed by atoms with Crippen molar-refractivity contribution in [2.75, 3.05) is 6.54 Å². The van der Waals surface area contributed by atoms with Crippen LogP contribution >= 0.6 is 0 Å². The molecule has 22 heavy (non-hydrogen) atoms. The summed E-state index contributed by atoms with van der Waals surface area (Å²) in [5.74, 6) is 1.74. The molecule has 0 fully saturated rings. The van der Waals surface area contributed by atoms with Crippen LogP contribution in [0.4, 0.5) is 0 Å². The first kappa shape index (κ1) is 16.6. The summed E-state index contributed by atoms with van der Waals surface area (Å²) in [7, 11) is 0. The Morgan fingerprint density at radius 2 is 1.50 bits per heavy atom. The summed E-state index contributed by atoms with van der Waals surface area (Å²) in [6.07, 6.45) is 1.17. The molecule has 0 aromatic heterocycles. The maximum Gasteiger partial charge on any atom is 0.127 e. The zero-order valence-corrected chi connectivity index (χ0v) is 14.1. The third-order valence-electron chi connectivity index (χ3n) is 3.68. The molecule has 0 radical (unpaired) electrons. The summed E-state index contributed by atoms with van der Waals surface area (Å²) in [6.45, 7) is 10.1. The minimum absolute atomic E-state index is 0.355. The number of hydrogen-bond acceptors (Lipinski definition) is 2. The van der Waals surface area contributed by atoms with Gasteiger partial charge in [-0.25, -0.2) is 0 Å². The highest BCUT2D eigenvalue weighted by atomic mass is 16.5. The molecule has 1 N–H and O–H groups in total. The van der Waals surface area contributed by atoms with E-state index in [0.717, 1.165) is 18.0 Å². The summed E-state index contributed by atoms with van der Waals surface area (Å²) in [6, 6.07) is 18.5. The van der Waals surface area contributed by atoms with Crippen molar-refractivity contribution in [1.82, 2.24) is 5.32 Å². The maximum absolute atomic E-state index is 5.82. The molecule has 2 heteroatoms. The highest BCUT2D eigenvalue weighted by Crippen LogP contribution is 2.23. The first-order valence-electron chi connectivity index (χ1n) is 8.00. The molecule has 0 heterocycles. The zero-order valence-electron chi connectivity index (χ0n) is 14.1. The third-order valence-corrected chi connectivity index (χ3v) is 3.68. The summed E-state index contributed by atoms with van der Waals surface area (Å²) >= 11 is 0. The predicted octanol–water partition coefficient (Wildman–Crippen LogP) is 5.57. The molecule has 0 saturated carbocycles. The minimum Gasteiger partial charge on any atom is -0.457 e. The van der Waals surface area contributed by atoms with E-state index in [0.29, 0.717) is 11.5 Å². The molecule has 2 aromatic rings. The van der Waals surface area contributed by atoms with Crippen molar-refractivity contribution in [2.45, 2.75) is 40.2 Å². The molecule has 0 unspecified atom stereocenters. The number of hydrogen-bond donors (Lipinski definition) is 1. The second kappa shape index (κ2) is 7.46. The second-order valence-electron chi connectivity index (χ2n) is 6.97. The normalized spacial score (nSPS) is 12.9. The highest BCUT2D eigenvalue weighted by Gasteiger charge is 2.11. The quantitative estimate of drug-likeness (QED) is 0.753. The molecule has 2 rings (SSSR count). The predicted molar refractivity (Wildman–Crippen MR) is 93.4 cm³/mol. The minimum atomic E-state index is 0.355. The zero-order chi connectivity index (χ0) is 16.0. The average Bonchev–Trinajstić information content (AvgIpc) is 2.47. The van der Waals surface area contributed by atoms with Gasteiger partial charge in [0.2, 0.25) is 0 Å². The number of nitrogens with one attached hydrogen (secondary N) is 1. The Labute approximate surface area is 134 Å². The molecule has 0 aliphatic carbocycles. The topological polar surface area (TPSA) is 21.3 Å². The van der Waals surface area contributed by atoms with Gasteiger partial charge in [-0.15, -0.1) is 0 Å². The van der Waals surface area contributed by atoms with E-state index in [1.807, 2.05) is 42.5 Å². The van der Waals surface area contributed by atoms with E-state index < -0.39 is 0 Å². The van der Waals surface area contributed by atoms with Crippen LogP contribution < -0.4 is 10.1 Å². The Morgan fingerprint density at radius 1 is 0.909 bits per heavy atom. The Bertz CT molecular complexity index is 555. The maximum atomic E-state index is 5.82. The van der Waals surface area contributed by atoms with Gasteiger partial charge in [0.1, 0.15) is 11.5 Å². The molecular formula is C20H27NO. The molecular weight excluding hydrogens is 270 g/mol. The first-order valence-corrected chi connectivity index (χ1v) is 8.00. The van der Waals surface area contributed by atoms with Crippen molar-refractivity contribution in [2.24, 2.45) is 5.41 Å². The van der Waals surface area contributed by atoms with Crippen LogP contribution in [0.3, 0.4) is 0 Å². The second-order valence-corrected chi connectivity index (χ2v) is 6.97. The lowest BCUT2D eigenvalue weighted by atomic mass is 9.92. The van der Waals surface area contributed by atoms with Gasteiger partial charge in [0.25, 0.3) is 0 Å². The molecule has 1 atom stereocenters. The van der Waals surface area contributed by atoms with Crippen LogP contribution in [0.2, 0.25) is 0 Å². The summed E-state index contributed by atoms with van der Waals surface area (Å²) in [4.78, 5) is 0. The summed E-state index contributed by atoms with van der Waals surface area (Å²) in [5, 5.41) is 3.58. The van der Waals surface area contributed by atoms with Gasteiger partial charge in [0.15, 0.2) is 0 Å². The summed E-state index contributed by atoms with van der Waals surface area (Å²) < 4.78 is 5.82. The van der Waals surface area contributed by atoms with Crippen LogP contribution in [-0.4, -0.2) is 6.54 Å². The fraction of sp³-hybridized carbons (Fsp3) is 0.400. The van der Waals surface area contributed by atoms with Gasteiger partial charge in [-0.3, -0.25) is 0 Å². The average molecular weight is 297 g/mol. The third kappa shape index (κ3) is 5.53. The van der Waals surface area contributed by atoms with Crippen LogP contribution in [0.5, 0.6) is 11.5 Å². The lowest BCUT2D eigenvalue weighted by Crippen LogP contribution is -2.23.